The molecular weight excluding hydrogens is 522 g/mol. The topological polar surface area (TPSA) is 86.8 Å². The van der Waals surface area contributed by atoms with E-state index in [9.17, 15) is 18.0 Å². The lowest BCUT2D eigenvalue weighted by molar-refractivity contribution is -0.139. The molecule has 4 rings (SSSR count). The number of hydrogen-bond donors (Lipinski definition) is 1. The molecule has 1 saturated carbocycles. The van der Waals surface area contributed by atoms with Crippen LogP contribution in [0.5, 0.6) is 0 Å². The Hall–Kier alpha value is -3.36. The molecule has 1 N–H and O–H groups in total. The number of nitrogens with one attached hydrogen (secondary N) is 1. The number of para-hydroxylation sites is 1. The van der Waals surface area contributed by atoms with Crippen molar-refractivity contribution in [2.45, 2.75) is 56.1 Å². The van der Waals surface area contributed by atoms with Gasteiger partial charge in [-0.05, 0) is 49.6 Å². The number of halogens is 1. The van der Waals surface area contributed by atoms with E-state index in [0.717, 1.165) is 35.6 Å². The number of rotatable bonds is 10. The van der Waals surface area contributed by atoms with Gasteiger partial charge in [-0.25, -0.2) is 8.42 Å². The summed E-state index contributed by atoms with van der Waals surface area (Å²) in [7, 11) is -4.14. The Bertz CT molecular complexity index is 1350. The van der Waals surface area contributed by atoms with E-state index >= 15 is 0 Å². The van der Waals surface area contributed by atoms with Gasteiger partial charge >= 0.3 is 0 Å². The Labute approximate surface area is 229 Å². The summed E-state index contributed by atoms with van der Waals surface area (Å²) in [6.07, 6.45) is 3.97. The van der Waals surface area contributed by atoms with Crippen LogP contribution in [0.15, 0.2) is 89.8 Å². The first-order valence-electron chi connectivity index (χ1n) is 12.7. The minimum Gasteiger partial charge on any atom is -0.352 e. The molecule has 0 aliphatic heterocycles. The van der Waals surface area contributed by atoms with Crippen molar-refractivity contribution in [1.29, 1.82) is 0 Å². The first-order valence-corrected chi connectivity index (χ1v) is 14.6. The average molecular weight is 554 g/mol. The third kappa shape index (κ3) is 6.55. The number of amides is 2. The van der Waals surface area contributed by atoms with Crippen LogP contribution < -0.4 is 9.62 Å². The Morgan fingerprint density at radius 1 is 0.921 bits per heavy atom. The van der Waals surface area contributed by atoms with Gasteiger partial charge in [-0.2, -0.15) is 0 Å². The molecule has 0 spiro atoms. The predicted octanol–water partition coefficient (Wildman–Crippen LogP) is 5.01. The van der Waals surface area contributed by atoms with Gasteiger partial charge in [0.05, 0.1) is 15.6 Å². The summed E-state index contributed by atoms with van der Waals surface area (Å²) in [5.74, 6) is -0.765. The largest absolute Gasteiger partial charge is 0.352 e. The Balaban J connectivity index is 1.67. The van der Waals surface area contributed by atoms with Crippen molar-refractivity contribution in [3.05, 3.63) is 95.5 Å². The van der Waals surface area contributed by atoms with Gasteiger partial charge in [-0.1, -0.05) is 85.1 Å². The molecule has 200 valence electrons. The highest BCUT2D eigenvalue weighted by Crippen LogP contribution is 2.30. The van der Waals surface area contributed by atoms with Crippen molar-refractivity contribution in [1.82, 2.24) is 10.2 Å². The van der Waals surface area contributed by atoms with Crippen LogP contribution in [-0.2, 0) is 26.2 Å². The fraction of sp³-hybridized carbons (Fsp3) is 0.310. The molecule has 1 atom stereocenters. The predicted molar refractivity (Wildman–Crippen MR) is 149 cm³/mol. The monoisotopic (exact) mass is 553 g/mol. The van der Waals surface area contributed by atoms with Crippen LogP contribution in [0, 0.1) is 0 Å². The van der Waals surface area contributed by atoms with Gasteiger partial charge in [0.2, 0.25) is 11.8 Å². The van der Waals surface area contributed by atoms with Crippen LogP contribution in [0.2, 0.25) is 5.02 Å². The Morgan fingerprint density at radius 2 is 1.50 bits per heavy atom. The third-order valence-corrected chi connectivity index (χ3v) is 8.89. The third-order valence-electron chi connectivity index (χ3n) is 6.80. The van der Waals surface area contributed by atoms with Crippen LogP contribution in [0.3, 0.4) is 0 Å². The smallest absolute Gasteiger partial charge is 0.264 e. The van der Waals surface area contributed by atoms with Crippen molar-refractivity contribution in [2.75, 3.05) is 10.8 Å². The molecule has 2 amide bonds. The molecule has 7 nitrogen and oxygen atoms in total. The molecule has 3 aromatic rings. The highest BCUT2D eigenvalue weighted by molar-refractivity contribution is 7.92. The molecule has 9 heteroatoms. The molecule has 1 aliphatic rings. The van der Waals surface area contributed by atoms with Crippen LogP contribution >= 0.6 is 11.6 Å². The maximum Gasteiger partial charge on any atom is 0.264 e. The first-order chi connectivity index (χ1) is 18.3. The van der Waals surface area contributed by atoms with Crippen LogP contribution in [0.25, 0.3) is 0 Å². The molecule has 0 radical (unpaired) electrons. The van der Waals surface area contributed by atoms with E-state index in [1.807, 2.05) is 30.3 Å². The SMILES string of the molecule is C[C@H](C(=O)NC1CCCC1)N(Cc1ccccc1)C(=O)CN(c1ccccc1Cl)S(=O)(=O)c1ccccc1. The number of nitrogens with zero attached hydrogens (tertiary/aromatic N) is 2. The van der Waals surface area contributed by atoms with Crippen molar-refractivity contribution in [3.8, 4) is 0 Å². The maximum absolute atomic E-state index is 13.9. The summed E-state index contributed by atoms with van der Waals surface area (Å²) in [6.45, 7) is 1.31. The number of benzene rings is 3. The Kier molecular flexibility index (Phi) is 9.07. The van der Waals surface area contributed by atoms with Gasteiger partial charge in [-0.3, -0.25) is 13.9 Å². The molecule has 3 aromatic carbocycles. The van der Waals surface area contributed by atoms with Crippen LogP contribution in [0.1, 0.15) is 38.2 Å². The normalized spacial score (nSPS) is 14.6. The second kappa shape index (κ2) is 12.5. The summed E-state index contributed by atoms with van der Waals surface area (Å²) >= 11 is 6.42. The van der Waals surface area contributed by atoms with Crippen molar-refractivity contribution in [2.24, 2.45) is 0 Å². The van der Waals surface area contributed by atoms with Crippen molar-refractivity contribution < 1.29 is 18.0 Å². The van der Waals surface area contributed by atoms with Gasteiger partial charge in [0.1, 0.15) is 12.6 Å². The van der Waals surface area contributed by atoms with E-state index < -0.39 is 28.5 Å². The minimum atomic E-state index is -4.14. The molecule has 0 aromatic heterocycles. The highest BCUT2D eigenvalue weighted by atomic mass is 35.5. The van der Waals surface area contributed by atoms with Gasteiger partial charge in [-0.15, -0.1) is 0 Å². The number of sulfonamides is 1. The second-order valence-electron chi connectivity index (χ2n) is 9.45. The summed E-state index contributed by atoms with van der Waals surface area (Å²) < 4.78 is 28.5. The molecule has 0 unspecified atom stereocenters. The molecule has 0 saturated heterocycles. The standard InChI is InChI=1S/C29H32ClN3O4S/c1-22(29(35)31-24-14-8-9-15-24)32(20-23-12-4-2-5-13-23)28(34)21-33(27-19-11-10-18-26(27)30)38(36,37)25-16-6-3-7-17-25/h2-7,10-13,16-19,22,24H,8-9,14-15,20-21H2,1H3,(H,31,35)/t22-/m1/s1. The van der Waals surface area contributed by atoms with E-state index in [1.54, 1.807) is 49.4 Å². The zero-order chi connectivity index (χ0) is 27.1. The maximum atomic E-state index is 13.9. The van der Waals surface area contributed by atoms with E-state index in [0.29, 0.717) is 0 Å². The molecule has 0 heterocycles. The first kappa shape index (κ1) is 27.7. The van der Waals surface area contributed by atoms with Gasteiger partial charge in [0.25, 0.3) is 10.0 Å². The van der Waals surface area contributed by atoms with Gasteiger partial charge in [0.15, 0.2) is 0 Å². The summed E-state index contributed by atoms with van der Waals surface area (Å²) in [5.41, 5.74) is 1.02. The van der Waals surface area contributed by atoms with E-state index in [-0.39, 0.29) is 34.1 Å². The average Bonchev–Trinajstić information content (AvgIpc) is 3.44. The molecule has 0 bridgehead atoms. The van der Waals surface area contributed by atoms with E-state index in [1.165, 1.54) is 17.0 Å². The van der Waals surface area contributed by atoms with Crippen LogP contribution in [-0.4, -0.2) is 43.8 Å². The highest BCUT2D eigenvalue weighted by Gasteiger charge is 2.34. The summed E-state index contributed by atoms with van der Waals surface area (Å²) in [4.78, 5) is 28.6. The fourth-order valence-electron chi connectivity index (χ4n) is 4.64. The number of carbonyl (C=O) groups excluding carboxylic acids is 2. The number of hydrogen-bond acceptors (Lipinski definition) is 4. The van der Waals surface area contributed by atoms with Crippen LogP contribution in [0.4, 0.5) is 5.69 Å². The number of carbonyl (C=O) groups is 2. The number of anilines is 1. The van der Waals surface area contributed by atoms with Crippen molar-refractivity contribution in [3.63, 3.8) is 0 Å². The van der Waals surface area contributed by atoms with Crippen molar-refractivity contribution >= 4 is 39.1 Å². The lowest BCUT2D eigenvalue weighted by Crippen LogP contribution is -2.52. The molecule has 38 heavy (non-hydrogen) atoms. The molecule has 1 fully saturated rings. The minimum absolute atomic E-state index is 0.0364. The lowest BCUT2D eigenvalue weighted by atomic mass is 10.1. The molecule has 1 aliphatic carbocycles. The quantitative estimate of drug-likeness (QED) is 0.382. The summed E-state index contributed by atoms with van der Waals surface area (Å²) in [5, 5.41) is 3.26. The van der Waals surface area contributed by atoms with Gasteiger partial charge < -0.3 is 10.2 Å². The van der Waals surface area contributed by atoms with E-state index in [4.69, 9.17) is 11.6 Å². The van der Waals surface area contributed by atoms with E-state index in [2.05, 4.69) is 5.32 Å². The molecular formula is C29H32ClN3O4S. The Morgan fingerprint density at radius 3 is 2.13 bits per heavy atom. The fourth-order valence-corrected chi connectivity index (χ4v) is 6.38. The van der Waals surface area contributed by atoms with Gasteiger partial charge in [0, 0.05) is 12.6 Å². The zero-order valence-electron chi connectivity index (χ0n) is 21.3. The zero-order valence-corrected chi connectivity index (χ0v) is 22.9. The lowest BCUT2D eigenvalue weighted by Gasteiger charge is -2.32. The second-order valence-corrected chi connectivity index (χ2v) is 11.7. The summed E-state index contributed by atoms with van der Waals surface area (Å²) in [6, 6.07) is 23.0.